The third-order valence-electron chi connectivity index (χ3n) is 5.81. The Morgan fingerprint density at radius 3 is 2.55 bits per heavy atom. The van der Waals surface area contributed by atoms with Crippen molar-refractivity contribution in [2.24, 2.45) is 0 Å². The highest BCUT2D eigenvalue weighted by molar-refractivity contribution is 5.33. The first kappa shape index (κ1) is 21.6. The van der Waals surface area contributed by atoms with Gasteiger partial charge in [0.05, 0.1) is 7.11 Å². The molecule has 5 nitrogen and oxygen atoms in total. The van der Waals surface area contributed by atoms with E-state index in [0.717, 1.165) is 31.7 Å². The Kier molecular flexibility index (Phi) is 6.49. The SMILES string of the molecule is COc1cc(CN2CCN(C(C)(C)C)C(c3ccccc3C(C)C)C2)cc(=O)[nH]1. The lowest BCUT2D eigenvalue weighted by molar-refractivity contribution is 0.00552. The van der Waals surface area contributed by atoms with E-state index in [0.29, 0.717) is 17.8 Å². The van der Waals surface area contributed by atoms with E-state index in [9.17, 15) is 4.79 Å². The quantitative estimate of drug-likeness (QED) is 0.823. The van der Waals surface area contributed by atoms with E-state index in [1.54, 1.807) is 13.2 Å². The number of hydrogen-bond donors (Lipinski definition) is 1. The summed E-state index contributed by atoms with van der Waals surface area (Å²) in [5.74, 6) is 1.00. The van der Waals surface area contributed by atoms with Gasteiger partial charge in [0.1, 0.15) is 0 Å². The predicted molar refractivity (Wildman–Crippen MR) is 119 cm³/mol. The minimum absolute atomic E-state index is 0.0912. The summed E-state index contributed by atoms with van der Waals surface area (Å²) in [6.45, 7) is 15.1. The van der Waals surface area contributed by atoms with Gasteiger partial charge in [-0.25, -0.2) is 0 Å². The molecule has 0 amide bonds. The fourth-order valence-corrected chi connectivity index (χ4v) is 4.42. The maximum atomic E-state index is 11.9. The second kappa shape index (κ2) is 8.72. The Hall–Kier alpha value is -2.11. The molecular weight excluding hydrogens is 362 g/mol. The Bertz CT molecular complexity index is 882. The van der Waals surface area contributed by atoms with Crippen molar-refractivity contribution in [2.45, 2.75) is 58.7 Å². The highest BCUT2D eigenvalue weighted by Crippen LogP contribution is 2.36. The van der Waals surface area contributed by atoms with E-state index in [1.807, 2.05) is 6.07 Å². The second-order valence-corrected chi connectivity index (χ2v) is 9.32. The predicted octanol–water partition coefficient (Wildman–Crippen LogP) is 4.16. The Morgan fingerprint density at radius 1 is 1.17 bits per heavy atom. The first-order valence-electron chi connectivity index (χ1n) is 10.5. The molecule has 3 rings (SSSR count). The van der Waals surface area contributed by atoms with Gasteiger partial charge < -0.3 is 4.74 Å². The van der Waals surface area contributed by atoms with Crippen molar-refractivity contribution in [1.82, 2.24) is 14.8 Å². The molecule has 1 unspecified atom stereocenters. The van der Waals surface area contributed by atoms with Gasteiger partial charge >= 0.3 is 0 Å². The molecule has 0 aliphatic carbocycles. The Balaban J connectivity index is 1.90. The lowest BCUT2D eigenvalue weighted by Gasteiger charge is -2.49. The maximum absolute atomic E-state index is 11.9. The molecule has 0 spiro atoms. The number of piperazine rings is 1. The number of aromatic amines is 1. The van der Waals surface area contributed by atoms with Crippen LogP contribution in [0.25, 0.3) is 0 Å². The van der Waals surface area contributed by atoms with E-state index >= 15 is 0 Å². The molecule has 0 radical (unpaired) electrons. The molecule has 1 saturated heterocycles. The number of nitrogens with one attached hydrogen (secondary N) is 1. The molecule has 1 aliphatic heterocycles. The standard InChI is InChI=1S/C24H35N3O2/c1-17(2)19-9-7-8-10-20(19)21-16-26(11-12-27(21)24(3,4)5)15-18-13-22(28)25-23(14-18)29-6/h7-10,13-14,17,21H,11-12,15-16H2,1-6H3,(H,25,28). The van der Waals surface area contributed by atoms with Crippen LogP contribution < -0.4 is 10.3 Å². The van der Waals surface area contributed by atoms with Crippen LogP contribution in [0.3, 0.4) is 0 Å². The third-order valence-corrected chi connectivity index (χ3v) is 5.81. The van der Waals surface area contributed by atoms with Crippen LogP contribution in [0, 0.1) is 0 Å². The van der Waals surface area contributed by atoms with E-state index in [-0.39, 0.29) is 11.1 Å². The average molecular weight is 398 g/mol. The van der Waals surface area contributed by atoms with E-state index in [2.05, 4.69) is 73.7 Å². The molecular formula is C24H35N3O2. The number of hydrogen-bond acceptors (Lipinski definition) is 4. The summed E-state index contributed by atoms with van der Waals surface area (Å²) in [6, 6.07) is 12.8. The molecule has 1 N–H and O–H groups in total. The summed E-state index contributed by atoms with van der Waals surface area (Å²) in [4.78, 5) is 19.7. The van der Waals surface area contributed by atoms with Gasteiger partial charge in [-0.2, -0.15) is 0 Å². The monoisotopic (exact) mass is 397 g/mol. The van der Waals surface area contributed by atoms with Gasteiger partial charge in [0.25, 0.3) is 5.56 Å². The minimum Gasteiger partial charge on any atom is -0.482 e. The van der Waals surface area contributed by atoms with E-state index < -0.39 is 0 Å². The van der Waals surface area contributed by atoms with Gasteiger partial charge in [-0.3, -0.25) is 19.6 Å². The summed E-state index contributed by atoms with van der Waals surface area (Å²) in [5.41, 5.74) is 3.81. The van der Waals surface area contributed by atoms with Crippen molar-refractivity contribution in [3.05, 3.63) is 63.4 Å². The van der Waals surface area contributed by atoms with Gasteiger partial charge in [0.2, 0.25) is 0 Å². The molecule has 158 valence electrons. The van der Waals surface area contributed by atoms with Crippen LogP contribution in [0.15, 0.2) is 41.2 Å². The smallest absolute Gasteiger partial charge is 0.250 e. The fourth-order valence-electron chi connectivity index (χ4n) is 4.42. The fraction of sp³-hybridized carbons (Fsp3) is 0.542. The van der Waals surface area contributed by atoms with Crippen LogP contribution in [0.4, 0.5) is 0 Å². The van der Waals surface area contributed by atoms with Crippen molar-refractivity contribution < 1.29 is 4.74 Å². The average Bonchev–Trinajstić information content (AvgIpc) is 2.66. The second-order valence-electron chi connectivity index (χ2n) is 9.32. The number of rotatable bonds is 5. The zero-order valence-electron chi connectivity index (χ0n) is 18.7. The van der Waals surface area contributed by atoms with Crippen molar-refractivity contribution >= 4 is 0 Å². The lowest BCUT2D eigenvalue weighted by atomic mass is 9.88. The van der Waals surface area contributed by atoms with Crippen LogP contribution in [-0.2, 0) is 6.54 Å². The Labute approximate surface area is 174 Å². The van der Waals surface area contributed by atoms with Crippen LogP contribution >= 0.6 is 0 Å². The van der Waals surface area contributed by atoms with Crippen LogP contribution in [0.1, 0.15) is 63.3 Å². The molecule has 2 aromatic rings. The molecule has 0 bridgehead atoms. The first-order chi connectivity index (χ1) is 13.7. The zero-order valence-corrected chi connectivity index (χ0v) is 18.7. The number of aromatic nitrogens is 1. The molecule has 5 heteroatoms. The van der Waals surface area contributed by atoms with Gasteiger partial charge in [-0.05, 0) is 43.4 Å². The Morgan fingerprint density at radius 2 is 1.90 bits per heavy atom. The zero-order chi connectivity index (χ0) is 21.2. The molecule has 1 aromatic carbocycles. The first-order valence-corrected chi connectivity index (χ1v) is 10.5. The van der Waals surface area contributed by atoms with Crippen LogP contribution in [-0.4, -0.2) is 47.1 Å². The van der Waals surface area contributed by atoms with Gasteiger partial charge in [0, 0.05) is 49.9 Å². The molecule has 1 aromatic heterocycles. The van der Waals surface area contributed by atoms with E-state index in [1.165, 1.54) is 11.1 Å². The largest absolute Gasteiger partial charge is 0.482 e. The minimum atomic E-state index is -0.116. The van der Waals surface area contributed by atoms with Gasteiger partial charge in [-0.15, -0.1) is 0 Å². The molecule has 1 fully saturated rings. The molecule has 1 atom stereocenters. The molecule has 0 saturated carbocycles. The summed E-state index contributed by atoms with van der Waals surface area (Å²) < 4.78 is 5.24. The molecule has 29 heavy (non-hydrogen) atoms. The topological polar surface area (TPSA) is 48.6 Å². The number of ether oxygens (including phenoxy) is 1. The number of pyridine rings is 1. The van der Waals surface area contributed by atoms with E-state index in [4.69, 9.17) is 4.74 Å². The number of benzene rings is 1. The number of nitrogens with zero attached hydrogens (tertiary/aromatic N) is 2. The highest BCUT2D eigenvalue weighted by atomic mass is 16.5. The summed E-state index contributed by atoms with van der Waals surface area (Å²) in [6.07, 6.45) is 0. The normalized spacial score (nSPS) is 18.9. The molecule has 1 aliphatic rings. The van der Waals surface area contributed by atoms with Crippen molar-refractivity contribution in [3.63, 3.8) is 0 Å². The number of H-pyrrole nitrogens is 1. The maximum Gasteiger partial charge on any atom is 0.250 e. The van der Waals surface area contributed by atoms with Gasteiger partial charge in [-0.1, -0.05) is 38.1 Å². The summed E-state index contributed by atoms with van der Waals surface area (Å²) in [7, 11) is 1.58. The highest BCUT2D eigenvalue weighted by Gasteiger charge is 2.36. The van der Waals surface area contributed by atoms with Crippen molar-refractivity contribution in [2.75, 3.05) is 26.7 Å². The molecule has 2 heterocycles. The summed E-state index contributed by atoms with van der Waals surface area (Å²) in [5, 5.41) is 0. The van der Waals surface area contributed by atoms with Gasteiger partial charge in [0.15, 0.2) is 5.88 Å². The van der Waals surface area contributed by atoms with Crippen molar-refractivity contribution in [1.29, 1.82) is 0 Å². The van der Waals surface area contributed by atoms with Crippen LogP contribution in [0.5, 0.6) is 5.88 Å². The lowest BCUT2D eigenvalue weighted by Crippen LogP contribution is -2.55. The summed E-state index contributed by atoms with van der Waals surface area (Å²) >= 11 is 0. The third kappa shape index (κ3) is 5.09. The van der Waals surface area contributed by atoms with Crippen molar-refractivity contribution in [3.8, 4) is 5.88 Å². The number of methoxy groups -OCH3 is 1. The van der Waals surface area contributed by atoms with Crippen LogP contribution in [0.2, 0.25) is 0 Å².